The van der Waals surface area contributed by atoms with Gasteiger partial charge in [0, 0.05) is 67.7 Å². The van der Waals surface area contributed by atoms with Crippen molar-refractivity contribution in [3.8, 4) is 0 Å². The van der Waals surface area contributed by atoms with Crippen LogP contribution >= 0.6 is 0 Å². The van der Waals surface area contributed by atoms with Gasteiger partial charge in [0.2, 0.25) is 0 Å². The molecule has 9 atom stereocenters. The number of hydrogen-bond donors (Lipinski definition) is 0. The first-order valence-electron chi connectivity index (χ1n) is 31.0. The molecule has 4 heterocycles. The number of benzene rings is 8. The Hall–Kier alpha value is -7.34. The second-order valence-electron chi connectivity index (χ2n) is 27.9. The quantitative estimate of drug-likeness (QED) is 0.116. The molecule has 4 saturated carbocycles. The average molecular weight is 1060 g/mol. The summed E-state index contributed by atoms with van der Waals surface area (Å²) in [6.45, 7) is 10.3. The molecule has 0 radical (unpaired) electrons. The largest absolute Gasteiger partial charge is 0.334 e. The second kappa shape index (κ2) is 15.6. The molecule has 4 aliphatic heterocycles. The number of fused-ring (bicyclic) bond motifs is 3. The lowest BCUT2D eigenvalue weighted by molar-refractivity contribution is 0.00736. The Labute approximate surface area is 479 Å². The average Bonchev–Trinajstić information content (AvgIpc) is 3.45. The van der Waals surface area contributed by atoms with Gasteiger partial charge in [-0.15, -0.1) is 0 Å². The van der Waals surface area contributed by atoms with Crippen LogP contribution in [0.4, 0.5) is 45.5 Å². The van der Waals surface area contributed by atoms with Gasteiger partial charge in [0.25, 0.3) is 6.71 Å². The second-order valence-corrected chi connectivity index (χ2v) is 31.7. The standard InChI is InChI=1S/C76H68BN3Si/c1-73(43-49-37-47-38-50(44-73)68(47)49)53-27-31-55(32-28-53)78-62-23-15-25-66-71(62)77-70-64(78)41-57(80-61-22-12-11-21-60(61)75(3)35-13-14-36-76(75,80)4)42-65(70)79(56-33-29-54(30-34-56)74(2)45-51-39-48-40-52(46-74)69(48)51)63-24-16-26-67(72(63)77)81(66,58-17-7-5-8-18-58)59-19-9-6-10-20-59/h5-12,15-34,37,41-42,44-45,48-49,52,68-69H,13-14,35-36,38-40,43,46H2,1-4H3. The maximum Gasteiger partial charge on any atom is 0.251 e. The minimum absolute atomic E-state index is 0.0125. The van der Waals surface area contributed by atoms with E-state index in [0.717, 1.165) is 30.1 Å². The van der Waals surface area contributed by atoms with Crippen molar-refractivity contribution in [2.45, 2.75) is 107 Å². The first-order valence-corrected chi connectivity index (χ1v) is 33.0. The highest BCUT2D eigenvalue weighted by Gasteiger charge is 2.61. The fraction of sp³-hybridized carbons (Fsp3) is 0.289. The van der Waals surface area contributed by atoms with Crippen LogP contribution in [-0.2, 0) is 16.2 Å². The summed E-state index contributed by atoms with van der Waals surface area (Å²) in [5, 5.41) is 5.89. The third kappa shape index (κ3) is 5.64. The third-order valence-electron chi connectivity index (χ3n) is 24.1. The lowest BCUT2D eigenvalue weighted by Crippen LogP contribution is -2.88. The number of anilines is 8. The van der Waals surface area contributed by atoms with Crippen molar-refractivity contribution in [2.24, 2.45) is 29.6 Å². The summed E-state index contributed by atoms with van der Waals surface area (Å²) in [5.41, 5.74) is 24.2. The van der Waals surface area contributed by atoms with E-state index in [2.05, 4.69) is 243 Å². The Kier molecular flexibility index (Phi) is 8.91. The van der Waals surface area contributed by atoms with Crippen LogP contribution in [0.1, 0.15) is 102 Å². The molecule has 0 amide bonds. The van der Waals surface area contributed by atoms with Crippen LogP contribution < -0.4 is 51.8 Å². The molecule has 11 aliphatic rings. The van der Waals surface area contributed by atoms with Crippen molar-refractivity contribution >= 4 is 97.4 Å². The molecule has 81 heavy (non-hydrogen) atoms. The van der Waals surface area contributed by atoms with Gasteiger partial charge < -0.3 is 14.7 Å². The summed E-state index contributed by atoms with van der Waals surface area (Å²) < 4.78 is 0. The van der Waals surface area contributed by atoms with Gasteiger partial charge in [0.1, 0.15) is 0 Å². The Morgan fingerprint density at radius 1 is 0.494 bits per heavy atom. The highest BCUT2D eigenvalue weighted by Crippen LogP contribution is 2.66. The van der Waals surface area contributed by atoms with E-state index in [1.54, 1.807) is 16.7 Å². The number of para-hydroxylation sites is 1. The molecule has 8 aromatic carbocycles. The normalized spacial score (nSPS) is 30.8. The molecule has 0 aromatic heterocycles. The number of rotatable bonds is 7. The van der Waals surface area contributed by atoms with Gasteiger partial charge in [-0.25, -0.2) is 0 Å². The summed E-state index contributed by atoms with van der Waals surface area (Å²) >= 11 is 0. The SMILES string of the molecule is CC1(c2ccc(N3c4cc(N5c6ccccc6C6(C)CCCCC56C)cc5c4B4c6c3cccc6[Si](c3ccccc3)(c3ccccc3)c3cccc(c34)N5c3ccc(C4(C)C=C5CC6CC(C4)C56)cc3)cc2)C=C2CC3=CC(C1)C32. The first kappa shape index (κ1) is 46.3. The highest BCUT2D eigenvalue weighted by molar-refractivity contribution is 7.27. The van der Waals surface area contributed by atoms with Crippen LogP contribution in [0.2, 0.25) is 0 Å². The van der Waals surface area contributed by atoms with Crippen molar-refractivity contribution in [1.82, 2.24) is 0 Å². The molecular weight excluding hydrogens is 994 g/mol. The zero-order valence-corrected chi connectivity index (χ0v) is 48.2. The van der Waals surface area contributed by atoms with Crippen molar-refractivity contribution in [1.29, 1.82) is 0 Å². The summed E-state index contributed by atoms with van der Waals surface area (Å²) in [5.74, 6) is 4.10. The molecule has 0 N–H and O–H groups in total. The highest BCUT2D eigenvalue weighted by atomic mass is 28.3. The zero-order chi connectivity index (χ0) is 53.5. The summed E-state index contributed by atoms with van der Waals surface area (Å²) in [7, 11) is -3.01. The maximum atomic E-state index is 2.84. The van der Waals surface area contributed by atoms with Crippen molar-refractivity contribution < 1.29 is 0 Å². The summed E-state index contributed by atoms with van der Waals surface area (Å²) in [6, 6.07) is 73.2. The topological polar surface area (TPSA) is 9.72 Å². The van der Waals surface area contributed by atoms with Crippen LogP contribution in [-0.4, -0.2) is 20.3 Å². The van der Waals surface area contributed by atoms with E-state index in [1.807, 2.05) is 0 Å². The molecular formula is C76H68BN3Si. The van der Waals surface area contributed by atoms with Gasteiger partial charge >= 0.3 is 0 Å². The predicted molar refractivity (Wildman–Crippen MR) is 340 cm³/mol. The molecule has 9 unspecified atom stereocenters. The smallest absolute Gasteiger partial charge is 0.251 e. The first-order chi connectivity index (χ1) is 39.6. The van der Waals surface area contributed by atoms with Crippen LogP contribution in [0.3, 0.4) is 0 Å². The molecule has 0 bridgehead atoms. The van der Waals surface area contributed by atoms with Crippen molar-refractivity contribution in [2.75, 3.05) is 14.7 Å². The van der Waals surface area contributed by atoms with E-state index < -0.39 is 8.07 Å². The van der Waals surface area contributed by atoms with E-state index in [0.29, 0.717) is 5.92 Å². The minimum Gasteiger partial charge on any atom is -0.334 e. The maximum absolute atomic E-state index is 3.01. The molecule has 0 spiro atoms. The van der Waals surface area contributed by atoms with Crippen LogP contribution in [0.5, 0.6) is 0 Å². The molecule has 8 aromatic rings. The van der Waals surface area contributed by atoms with E-state index in [4.69, 9.17) is 0 Å². The van der Waals surface area contributed by atoms with E-state index >= 15 is 0 Å². The van der Waals surface area contributed by atoms with E-state index in [9.17, 15) is 0 Å². The molecule has 3 nitrogen and oxygen atoms in total. The zero-order valence-electron chi connectivity index (χ0n) is 47.2. The third-order valence-corrected chi connectivity index (χ3v) is 29.0. The molecule has 7 aliphatic carbocycles. The van der Waals surface area contributed by atoms with Gasteiger partial charge in [-0.1, -0.05) is 196 Å². The minimum atomic E-state index is -3.01. The van der Waals surface area contributed by atoms with Crippen molar-refractivity contribution in [3.05, 3.63) is 234 Å². The van der Waals surface area contributed by atoms with Gasteiger partial charge in [0.05, 0.1) is 5.54 Å². The summed E-state index contributed by atoms with van der Waals surface area (Å²) in [4.78, 5) is 8.32. The fourth-order valence-electron chi connectivity index (χ4n) is 20.4. The summed E-state index contributed by atoms with van der Waals surface area (Å²) in [6.07, 6.45) is 19.2. The monoisotopic (exact) mass is 1060 g/mol. The van der Waals surface area contributed by atoms with Crippen LogP contribution in [0.15, 0.2) is 217 Å². The van der Waals surface area contributed by atoms with E-state index in [1.165, 1.54) is 151 Å². The van der Waals surface area contributed by atoms with Gasteiger partial charge in [0.15, 0.2) is 8.07 Å². The number of nitrogens with zero attached hydrogens (tertiary/aromatic N) is 3. The predicted octanol–water partition coefficient (Wildman–Crippen LogP) is 13.6. The molecule has 5 heteroatoms. The lowest BCUT2D eigenvalue weighted by Gasteiger charge is -2.60. The van der Waals surface area contributed by atoms with Crippen molar-refractivity contribution in [3.63, 3.8) is 0 Å². The van der Waals surface area contributed by atoms with Crippen LogP contribution in [0, 0.1) is 29.6 Å². The Balaban J connectivity index is 0.893. The van der Waals surface area contributed by atoms with Gasteiger partial charge in [-0.3, -0.25) is 0 Å². The molecule has 19 rings (SSSR count). The molecule has 394 valence electrons. The molecule has 4 fully saturated rings. The van der Waals surface area contributed by atoms with Gasteiger partial charge in [-0.2, -0.15) is 0 Å². The van der Waals surface area contributed by atoms with Crippen LogP contribution in [0.25, 0.3) is 0 Å². The number of allylic oxidation sites excluding steroid dienone is 6. The Morgan fingerprint density at radius 3 is 1.65 bits per heavy atom. The lowest BCUT2D eigenvalue weighted by atomic mass is 9.33. The fourth-order valence-corrected chi connectivity index (χ4v) is 25.6. The Bertz CT molecular complexity index is 4010. The number of hydrogen-bond acceptors (Lipinski definition) is 3. The van der Waals surface area contributed by atoms with E-state index in [-0.39, 0.29) is 28.5 Å². The Morgan fingerprint density at radius 2 is 1.06 bits per heavy atom. The van der Waals surface area contributed by atoms with Gasteiger partial charge in [-0.05, 0) is 184 Å². The molecule has 0 saturated heterocycles.